The molecule has 0 aliphatic heterocycles. The number of hydrogen-bond acceptors (Lipinski definition) is 2. The number of methoxy groups -OCH3 is 1. The number of hydrogen-bond donors (Lipinski definition) is 0. The average molecular weight is 306 g/mol. The number of fused-ring (bicyclic) bond motifs is 1. The zero-order valence-electron chi connectivity index (χ0n) is 11.8. The second kappa shape index (κ2) is 5.40. The fraction of sp³-hybridized carbons (Fsp3) is 0.176. The van der Waals surface area contributed by atoms with Crippen LogP contribution < -0.4 is 4.74 Å². The molecule has 2 aromatic carbocycles. The Hall–Kier alpha value is -2.43. The van der Waals surface area contributed by atoms with Gasteiger partial charge in [-0.25, -0.2) is 0 Å². The molecule has 1 heterocycles. The highest BCUT2D eigenvalue weighted by Gasteiger charge is 2.32. The van der Waals surface area contributed by atoms with E-state index in [1.807, 2.05) is 6.07 Å². The average Bonchev–Trinajstić information content (AvgIpc) is 2.82. The summed E-state index contributed by atoms with van der Waals surface area (Å²) in [5, 5.41) is 0.616. The zero-order chi connectivity index (χ0) is 15.7. The van der Waals surface area contributed by atoms with Crippen molar-refractivity contribution in [3.05, 3.63) is 54.3 Å². The fourth-order valence-electron chi connectivity index (χ4n) is 2.48. The van der Waals surface area contributed by atoms with Crippen LogP contribution in [0.1, 0.15) is 5.76 Å². The highest BCUT2D eigenvalue weighted by Crippen LogP contribution is 2.39. The molecule has 0 bridgehead atoms. The Morgan fingerprint density at radius 2 is 1.77 bits per heavy atom. The summed E-state index contributed by atoms with van der Waals surface area (Å²) in [5.41, 5.74) is 1.57. The van der Waals surface area contributed by atoms with Crippen molar-refractivity contribution < 1.29 is 22.3 Å². The van der Waals surface area contributed by atoms with Crippen molar-refractivity contribution in [3.63, 3.8) is 0 Å². The predicted octanol–water partition coefficient (Wildman–Crippen LogP) is 5.21. The molecule has 0 N–H and O–H groups in total. The van der Waals surface area contributed by atoms with Crippen molar-refractivity contribution in [2.24, 2.45) is 0 Å². The largest absolute Gasteiger partial charge is 0.497 e. The summed E-state index contributed by atoms with van der Waals surface area (Å²) in [7, 11) is 1.51. The maximum absolute atomic E-state index is 12.8. The first-order valence-electron chi connectivity index (χ1n) is 6.69. The van der Waals surface area contributed by atoms with E-state index in [0.717, 1.165) is 0 Å². The Morgan fingerprint density at radius 3 is 2.41 bits per heavy atom. The van der Waals surface area contributed by atoms with E-state index in [-0.39, 0.29) is 5.76 Å². The van der Waals surface area contributed by atoms with Crippen LogP contribution >= 0.6 is 0 Å². The molecule has 1 aromatic heterocycles. The van der Waals surface area contributed by atoms with Gasteiger partial charge in [0.05, 0.1) is 7.11 Å². The first-order chi connectivity index (χ1) is 10.5. The molecule has 0 amide bonds. The van der Waals surface area contributed by atoms with E-state index in [0.29, 0.717) is 27.8 Å². The maximum Gasteiger partial charge on any atom is 0.396 e. The molecule has 5 heteroatoms. The summed E-state index contributed by atoms with van der Waals surface area (Å²) in [6, 6.07) is 13.9. The Labute approximate surface area is 125 Å². The highest BCUT2D eigenvalue weighted by molar-refractivity contribution is 5.96. The van der Waals surface area contributed by atoms with Crippen molar-refractivity contribution in [1.29, 1.82) is 0 Å². The SMILES string of the molecule is COc1ccc2oc(CC(F)(F)F)c(-c3ccccc3)c2c1. The number of halogens is 3. The minimum Gasteiger partial charge on any atom is -0.497 e. The molecule has 114 valence electrons. The van der Waals surface area contributed by atoms with Crippen LogP contribution in [0.2, 0.25) is 0 Å². The predicted molar refractivity (Wildman–Crippen MR) is 78.0 cm³/mol. The van der Waals surface area contributed by atoms with Crippen molar-refractivity contribution >= 4 is 11.0 Å². The number of benzene rings is 2. The van der Waals surface area contributed by atoms with Crippen molar-refractivity contribution in [3.8, 4) is 16.9 Å². The third-order valence-corrected chi connectivity index (χ3v) is 3.39. The molecule has 0 saturated carbocycles. The van der Waals surface area contributed by atoms with Gasteiger partial charge in [-0.05, 0) is 23.8 Å². The number of furan rings is 1. The molecule has 0 atom stereocenters. The van der Waals surface area contributed by atoms with Crippen LogP contribution in [-0.2, 0) is 6.42 Å². The summed E-state index contributed by atoms with van der Waals surface area (Å²) in [4.78, 5) is 0. The topological polar surface area (TPSA) is 22.4 Å². The van der Waals surface area contributed by atoms with E-state index in [2.05, 4.69) is 0 Å². The molecular weight excluding hydrogens is 293 g/mol. The van der Waals surface area contributed by atoms with Gasteiger partial charge in [-0.2, -0.15) is 13.2 Å². The minimum absolute atomic E-state index is 0.0815. The van der Waals surface area contributed by atoms with Gasteiger partial charge in [0.1, 0.15) is 23.5 Å². The van der Waals surface area contributed by atoms with Gasteiger partial charge in [-0.3, -0.25) is 0 Å². The second-order valence-corrected chi connectivity index (χ2v) is 4.92. The first-order valence-corrected chi connectivity index (χ1v) is 6.69. The quantitative estimate of drug-likeness (QED) is 0.662. The second-order valence-electron chi connectivity index (χ2n) is 4.92. The van der Waals surface area contributed by atoms with Crippen LogP contribution in [0.5, 0.6) is 5.75 Å². The van der Waals surface area contributed by atoms with Gasteiger partial charge < -0.3 is 9.15 Å². The molecule has 3 rings (SSSR count). The van der Waals surface area contributed by atoms with Gasteiger partial charge in [-0.1, -0.05) is 30.3 Å². The molecule has 0 fully saturated rings. The summed E-state index contributed by atoms with van der Waals surface area (Å²) < 4.78 is 49.1. The number of rotatable bonds is 3. The van der Waals surface area contributed by atoms with Crippen molar-refractivity contribution in [2.45, 2.75) is 12.6 Å². The lowest BCUT2D eigenvalue weighted by Crippen LogP contribution is -2.11. The summed E-state index contributed by atoms with van der Waals surface area (Å²) in [5.74, 6) is 0.492. The normalized spacial score (nSPS) is 11.8. The lowest BCUT2D eigenvalue weighted by atomic mass is 10.0. The van der Waals surface area contributed by atoms with Crippen LogP contribution in [0.15, 0.2) is 52.9 Å². The van der Waals surface area contributed by atoms with Gasteiger partial charge in [0, 0.05) is 10.9 Å². The Kier molecular flexibility index (Phi) is 3.56. The highest BCUT2D eigenvalue weighted by atomic mass is 19.4. The van der Waals surface area contributed by atoms with Gasteiger partial charge in [0.15, 0.2) is 0 Å². The minimum atomic E-state index is -4.33. The lowest BCUT2D eigenvalue weighted by molar-refractivity contribution is -0.129. The van der Waals surface area contributed by atoms with Crippen LogP contribution in [0, 0.1) is 0 Å². The third kappa shape index (κ3) is 2.79. The van der Waals surface area contributed by atoms with E-state index in [1.54, 1.807) is 42.5 Å². The first kappa shape index (κ1) is 14.5. The molecule has 0 unspecified atom stereocenters. The van der Waals surface area contributed by atoms with Crippen LogP contribution in [0.4, 0.5) is 13.2 Å². The fourth-order valence-corrected chi connectivity index (χ4v) is 2.48. The summed E-state index contributed by atoms with van der Waals surface area (Å²) in [6.45, 7) is 0. The molecule has 0 radical (unpaired) electrons. The van der Waals surface area contributed by atoms with Crippen LogP contribution in [-0.4, -0.2) is 13.3 Å². The molecule has 0 aliphatic carbocycles. The summed E-state index contributed by atoms with van der Waals surface area (Å²) in [6.07, 6.45) is -5.43. The molecule has 3 aromatic rings. The Bertz CT molecular complexity index is 789. The Morgan fingerprint density at radius 1 is 1.05 bits per heavy atom. The molecule has 0 aliphatic rings. The maximum atomic E-state index is 12.8. The van der Waals surface area contributed by atoms with E-state index in [1.165, 1.54) is 7.11 Å². The van der Waals surface area contributed by atoms with E-state index >= 15 is 0 Å². The van der Waals surface area contributed by atoms with Crippen molar-refractivity contribution in [1.82, 2.24) is 0 Å². The smallest absolute Gasteiger partial charge is 0.396 e. The molecule has 22 heavy (non-hydrogen) atoms. The molecule has 0 saturated heterocycles. The van der Waals surface area contributed by atoms with E-state index in [9.17, 15) is 13.2 Å². The van der Waals surface area contributed by atoms with E-state index < -0.39 is 12.6 Å². The number of ether oxygens (including phenoxy) is 1. The van der Waals surface area contributed by atoms with Gasteiger partial charge in [0.2, 0.25) is 0 Å². The van der Waals surface area contributed by atoms with Gasteiger partial charge >= 0.3 is 6.18 Å². The molecular formula is C17H13F3O2. The zero-order valence-corrected chi connectivity index (χ0v) is 11.8. The van der Waals surface area contributed by atoms with E-state index in [4.69, 9.17) is 9.15 Å². The van der Waals surface area contributed by atoms with Gasteiger partial charge in [0.25, 0.3) is 0 Å². The van der Waals surface area contributed by atoms with Crippen LogP contribution in [0.3, 0.4) is 0 Å². The van der Waals surface area contributed by atoms with Gasteiger partial charge in [-0.15, -0.1) is 0 Å². The lowest BCUT2D eigenvalue weighted by Gasteiger charge is -2.07. The third-order valence-electron chi connectivity index (χ3n) is 3.39. The number of alkyl halides is 3. The summed E-state index contributed by atoms with van der Waals surface area (Å²) >= 11 is 0. The molecule has 0 spiro atoms. The monoisotopic (exact) mass is 306 g/mol. The van der Waals surface area contributed by atoms with Crippen LogP contribution in [0.25, 0.3) is 22.1 Å². The van der Waals surface area contributed by atoms with Crippen molar-refractivity contribution in [2.75, 3.05) is 7.11 Å². The Balaban J connectivity index is 2.25. The standard InChI is InChI=1S/C17H13F3O2/c1-21-12-7-8-14-13(9-12)16(11-5-3-2-4-6-11)15(22-14)10-17(18,19)20/h2-9H,10H2,1H3. The molecule has 2 nitrogen and oxygen atoms in total.